The maximum atomic E-state index is 10.2. The largest absolute Gasteiger partial charge is 0.469 e. The van der Waals surface area contributed by atoms with Crippen molar-refractivity contribution < 1.29 is 37.8 Å². The minimum Gasteiger partial charge on any atom is -0.303 e. The molecule has 0 saturated heterocycles. The van der Waals surface area contributed by atoms with Crippen molar-refractivity contribution in [3.63, 3.8) is 0 Å². The Kier molecular flexibility index (Phi) is 7.63. The Bertz CT molecular complexity index is 240. The van der Waals surface area contributed by atoms with Gasteiger partial charge in [0.15, 0.2) is 0 Å². The maximum absolute atomic E-state index is 10.2. The van der Waals surface area contributed by atoms with E-state index in [1.54, 1.807) is 0 Å². The van der Waals surface area contributed by atoms with E-state index in [-0.39, 0.29) is 13.2 Å². The summed E-state index contributed by atoms with van der Waals surface area (Å²) < 4.78 is 28.9. The SMILES string of the molecule is O=P(O)(O)OCCCCCCOP(=O)(O)O. The lowest BCUT2D eigenvalue weighted by Crippen LogP contribution is -1.95. The Morgan fingerprint density at radius 3 is 1.25 bits per heavy atom. The Morgan fingerprint density at radius 1 is 0.688 bits per heavy atom. The molecule has 0 aromatic carbocycles. The van der Waals surface area contributed by atoms with Crippen LogP contribution in [0.25, 0.3) is 0 Å². The Hall–Kier alpha value is 0.220. The van der Waals surface area contributed by atoms with Crippen molar-refractivity contribution in [1.29, 1.82) is 0 Å². The van der Waals surface area contributed by atoms with Gasteiger partial charge in [0, 0.05) is 0 Å². The van der Waals surface area contributed by atoms with Crippen LogP contribution in [0.2, 0.25) is 0 Å². The van der Waals surface area contributed by atoms with Gasteiger partial charge in [-0.1, -0.05) is 12.8 Å². The second-order valence-electron chi connectivity index (χ2n) is 3.06. The van der Waals surface area contributed by atoms with Crippen molar-refractivity contribution in [2.24, 2.45) is 0 Å². The van der Waals surface area contributed by atoms with Crippen LogP contribution in [0.3, 0.4) is 0 Å². The fourth-order valence-electron chi connectivity index (χ4n) is 0.925. The van der Waals surface area contributed by atoms with Gasteiger partial charge in [-0.2, -0.15) is 0 Å². The summed E-state index contributed by atoms with van der Waals surface area (Å²) in [4.78, 5) is 33.3. The summed E-state index contributed by atoms with van der Waals surface area (Å²) >= 11 is 0. The molecule has 16 heavy (non-hydrogen) atoms. The lowest BCUT2D eigenvalue weighted by molar-refractivity contribution is 0.184. The van der Waals surface area contributed by atoms with E-state index < -0.39 is 15.6 Å². The molecule has 0 atom stereocenters. The zero-order valence-electron chi connectivity index (χ0n) is 8.56. The third-order valence-corrected chi connectivity index (χ3v) is 2.60. The van der Waals surface area contributed by atoms with Gasteiger partial charge < -0.3 is 19.6 Å². The molecule has 0 aliphatic rings. The minimum absolute atomic E-state index is 0.0381. The fraction of sp³-hybridized carbons (Fsp3) is 1.00. The summed E-state index contributed by atoms with van der Waals surface area (Å²) in [5.41, 5.74) is 0. The number of phosphoric ester groups is 2. The quantitative estimate of drug-likeness (QED) is 0.359. The van der Waals surface area contributed by atoms with E-state index >= 15 is 0 Å². The van der Waals surface area contributed by atoms with Crippen LogP contribution in [0.5, 0.6) is 0 Å². The molecule has 10 heteroatoms. The number of hydrogen-bond acceptors (Lipinski definition) is 4. The van der Waals surface area contributed by atoms with Crippen molar-refractivity contribution >= 4 is 15.6 Å². The highest BCUT2D eigenvalue weighted by Gasteiger charge is 2.13. The van der Waals surface area contributed by atoms with Gasteiger partial charge in [-0.3, -0.25) is 9.05 Å². The first-order valence-electron chi connectivity index (χ1n) is 4.61. The molecule has 0 aliphatic heterocycles. The van der Waals surface area contributed by atoms with Crippen molar-refractivity contribution in [2.75, 3.05) is 13.2 Å². The first-order valence-corrected chi connectivity index (χ1v) is 7.67. The molecule has 0 radical (unpaired) electrons. The fourth-order valence-corrected chi connectivity index (χ4v) is 1.66. The second kappa shape index (κ2) is 7.53. The van der Waals surface area contributed by atoms with Crippen LogP contribution >= 0.6 is 15.6 Å². The number of rotatable bonds is 9. The van der Waals surface area contributed by atoms with Gasteiger partial charge in [0.2, 0.25) is 0 Å². The van der Waals surface area contributed by atoms with E-state index in [9.17, 15) is 9.13 Å². The maximum Gasteiger partial charge on any atom is 0.469 e. The molecule has 0 rings (SSSR count). The van der Waals surface area contributed by atoms with Crippen LogP contribution in [0.15, 0.2) is 0 Å². The van der Waals surface area contributed by atoms with Gasteiger partial charge in [0.1, 0.15) is 0 Å². The van der Waals surface area contributed by atoms with Crippen molar-refractivity contribution in [2.45, 2.75) is 25.7 Å². The predicted octanol–water partition coefficient (Wildman–Crippen LogP) is 0.765. The summed E-state index contributed by atoms with van der Waals surface area (Å²) in [7, 11) is -8.75. The predicted molar refractivity (Wildman–Crippen MR) is 54.5 cm³/mol. The molecule has 0 spiro atoms. The average molecular weight is 278 g/mol. The van der Waals surface area contributed by atoms with Crippen LogP contribution < -0.4 is 0 Å². The summed E-state index contributed by atoms with van der Waals surface area (Å²) in [6, 6.07) is 0. The molecular formula is C6H16O8P2. The molecule has 0 aromatic rings. The molecule has 0 bridgehead atoms. The van der Waals surface area contributed by atoms with E-state index in [1.807, 2.05) is 0 Å². The highest BCUT2D eigenvalue weighted by atomic mass is 31.2. The van der Waals surface area contributed by atoms with Gasteiger partial charge in [0.25, 0.3) is 0 Å². The van der Waals surface area contributed by atoms with Crippen LogP contribution in [-0.4, -0.2) is 32.8 Å². The molecule has 0 saturated carbocycles. The van der Waals surface area contributed by atoms with Crippen molar-refractivity contribution in [3.05, 3.63) is 0 Å². The molecule has 0 heterocycles. The molecule has 0 fully saturated rings. The van der Waals surface area contributed by atoms with Gasteiger partial charge in [-0.25, -0.2) is 9.13 Å². The molecule has 98 valence electrons. The molecule has 0 aliphatic carbocycles. The van der Waals surface area contributed by atoms with Gasteiger partial charge >= 0.3 is 15.6 Å². The smallest absolute Gasteiger partial charge is 0.303 e. The van der Waals surface area contributed by atoms with Crippen LogP contribution in [0.4, 0.5) is 0 Å². The highest BCUT2D eigenvalue weighted by molar-refractivity contribution is 7.46. The number of unbranched alkanes of at least 4 members (excludes halogenated alkanes) is 3. The van der Waals surface area contributed by atoms with Crippen LogP contribution in [0.1, 0.15) is 25.7 Å². The topological polar surface area (TPSA) is 134 Å². The Labute approximate surface area is 93.1 Å². The van der Waals surface area contributed by atoms with E-state index in [2.05, 4.69) is 9.05 Å². The Morgan fingerprint density at radius 2 is 1.00 bits per heavy atom. The van der Waals surface area contributed by atoms with E-state index in [0.717, 1.165) is 0 Å². The first kappa shape index (κ1) is 16.2. The van der Waals surface area contributed by atoms with Gasteiger partial charge in [0.05, 0.1) is 13.2 Å². The monoisotopic (exact) mass is 278 g/mol. The van der Waals surface area contributed by atoms with Crippen LogP contribution in [0, 0.1) is 0 Å². The lowest BCUT2D eigenvalue weighted by atomic mass is 10.2. The van der Waals surface area contributed by atoms with Crippen molar-refractivity contribution in [1.82, 2.24) is 0 Å². The molecule has 0 aromatic heterocycles. The van der Waals surface area contributed by atoms with Gasteiger partial charge in [-0.15, -0.1) is 0 Å². The molecule has 4 N–H and O–H groups in total. The zero-order chi connectivity index (χ0) is 12.7. The normalized spacial score (nSPS) is 13.0. The highest BCUT2D eigenvalue weighted by Crippen LogP contribution is 2.36. The zero-order valence-corrected chi connectivity index (χ0v) is 10.3. The third-order valence-electron chi connectivity index (χ3n) is 1.56. The third kappa shape index (κ3) is 14.2. The summed E-state index contributed by atoms with van der Waals surface area (Å²) in [5.74, 6) is 0. The van der Waals surface area contributed by atoms with Crippen LogP contribution in [-0.2, 0) is 18.2 Å². The second-order valence-corrected chi connectivity index (χ2v) is 5.54. The number of phosphoric acid groups is 2. The first-order chi connectivity index (χ1) is 7.21. The number of hydrogen-bond donors (Lipinski definition) is 4. The standard InChI is InChI=1S/C6H16O8P2/c7-15(8,9)13-5-3-1-2-4-6-14-16(10,11)12/h1-6H2,(H2,7,8,9)(H2,10,11,12). The van der Waals surface area contributed by atoms with E-state index in [4.69, 9.17) is 19.6 Å². The summed E-state index contributed by atoms with van der Waals surface area (Å²) in [5, 5.41) is 0. The lowest BCUT2D eigenvalue weighted by Gasteiger charge is -2.06. The minimum atomic E-state index is -4.38. The molecule has 8 nitrogen and oxygen atoms in total. The molecular weight excluding hydrogens is 262 g/mol. The summed E-state index contributed by atoms with van der Waals surface area (Å²) in [6.45, 7) is -0.0761. The van der Waals surface area contributed by atoms with E-state index in [0.29, 0.717) is 25.7 Å². The molecule has 0 unspecified atom stereocenters. The van der Waals surface area contributed by atoms with Gasteiger partial charge in [-0.05, 0) is 12.8 Å². The summed E-state index contributed by atoms with van der Waals surface area (Å²) in [6.07, 6.45) is 2.23. The van der Waals surface area contributed by atoms with E-state index in [1.165, 1.54) is 0 Å². The molecule has 0 amide bonds. The van der Waals surface area contributed by atoms with Crippen molar-refractivity contribution in [3.8, 4) is 0 Å². The average Bonchev–Trinajstić information content (AvgIpc) is 2.06. The Balaban J connectivity index is 3.23.